The fourth-order valence-electron chi connectivity index (χ4n) is 0.599. The van der Waals surface area contributed by atoms with Crippen molar-refractivity contribution >= 4 is 33.2 Å². The molecule has 0 atom stereocenters. The molecule has 1 N–H and O–H groups in total. The van der Waals surface area contributed by atoms with Gasteiger partial charge in [-0.05, 0) is 34.1 Å². The number of phenolic OH excluding ortho intramolecular Hbond substituents is 1. The van der Waals surface area contributed by atoms with Crippen molar-refractivity contribution in [2.45, 2.75) is 4.90 Å². The van der Waals surface area contributed by atoms with Crippen LogP contribution >= 0.6 is 27.3 Å². The summed E-state index contributed by atoms with van der Waals surface area (Å²) in [7, 11) is 0. The molecule has 0 heterocycles. The average molecular weight is 219 g/mol. The SMILES string of the molecule is C=[SH]c1ccc(Br)c(O)c1. The first-order valence-corrected chi connectivity index (χ1v) is 4.56. The van der Waals surface area contributed by atoms with Gasteiger partial charge in [-0.15, -0.1) is 0 Å². The molecule has 0 radical (unpaired) electrons. The number of benzene rings is 1. The highest BCUT2D eigenvalue weighted by molar-refractivity contribution is 9.10. The lowest BCUT2D eigenvalue weighted by Gasteiger charge is -1.96. The fourth-order valence-corrected chi connectivity index (χ4v) is 1.24. The first-order valence-electron chi connectivity index (χ1n) is 2.69. The molecule has 0 saturated heterocycles. The molecule has 0 aliphatic heterocycles. The molecule has 54 valence electrons. The summed E-state index contributed by atoms with van der Waals surface area (Å²) in [4.78, 5) is 1.01. The van der Waals surface area contributed by atoms with E-state index in [2.05, 4.69) is 21.8 Å². The Morgan fingerprint density at radius 3 is 2.70 bits per heavy atom. The van der Waals surface area contributed by atoms with Gasteiger partial charge in [-0.1, -0.05) is 5.87 Å². The molecule has 1 aromatic carbocycles. The lowest BCUT2D eigenvalue weighted by Crippen LogP contribution is -1.69. The molecule has 0 amide bonds. The number of hydrogen-bond acceptors (Lipinski definition) is 1. The molecule has 0 fully saturated rings. The van der Waals surface area contributed by atoms with Crippen LogP contribution in [0.5, 0.6) is 5.75 Å². The van der Waals surface area contributed by atoms with E-state index in [0.29, 0.717) is 0 Å². The fraction of sp³-hybridized carbons (Fsp3) is 0. The molecule has 0 aliphatic rings. The molecule has 1 aromatic rings. The van der Waals surface area contributed by atoms with Gasteiger partial charge in [0.25, 0.3) is 0 Å². The third-order valence-corrected chi connectivity index (χ3v) is 2.43. The lowest BCUT2D eigenvalue weighted by molar-refractivity contribution is 0.470. The molecule has 0 bridgehead atoms. The van der Waals surface area contributed by atoms with Gasteiger partial charge in [-0.2, -0.15) is 11.4 Å². The van der Waals surface area contributed by atoms with Gasteiger partial charge in [-0.3, -0.25) is 0 Å². The predicted octanol–water partition coefficient (Wildman–Crippen LogP) is 2.41. The molecule has 0 aliphatic carbocycles. The molecule has 1 rings (SSSR count). The van der Waals surface area contributed by atoms with Gasteiger partial charge in [0, 0.05) is 4.90 Å². The summed E-state index contributed by atoms with van der Waals surface area (Å²) in [5.41, 5.74) is 0. The van der Waals surface area contributed by atoms with Gasteiger partial charge in [-0.25, -0.2) is 0 Å². The van der Waals surface area contributed by atoms with E-state index in [1.807, 2.05) is 12.1 Å². The van der Waals surface area contributed by atoms with E-state index in [1.165, 1.54) is 0 Å². The quantitative estimate of drug-likeness (QED) is 0.549. The standard InChI is InChI=1S/C7H7BrOS/c1-10-5-2-3-6(8)7(9)4-5/h2-4,9-10H,1H2. The van der Waals surface area contributed by atoms with E-state index >= 15 is 0 Å². The molecular weight excluding hydrogens is 212 g/mol. The topological polar surface area (TPSA) is 20.2 Å². The van der Waals surface area contributed by atoms with Gasteiger partial charge in [0.2, 0.25) is 0 Å². The number of thiol groups is 1. The summed E-state index contributed by atoms with van der Waals surface area (Å²) in [6.45, 7) is 0. The Bertz CT molecular complexity index is 260. The monoisotopic (exact) mass is 218 g/mol. The van der Waals surface area contributed by atoms with Crippen LogP contribution in [-0.4, -0.2) is 11.0 Å². The second-order valence-corrected chi connectivity index (χ2v) is 3.48. The normalized spacial score (nSPS) is 9.70. The second-order valence-electron chi connectivity index (χ2n) is 1.79. The Labute approximate surface area is 71.8 Å². The number of phenols is 1. The van der Waals surface area contributed by atoms with Crippen LogP contribution in [0, 0.1) is 0 Å². The van der Waals surface area contributed by atoms with Crippen LogP contribution in [0.1, 0.15) is 0 Å². The zero-order valence-corrected chi connectivity index (χ0v) is 7.69. The molecule has 1 nitrogen and oxygen atoms in total. The number of halogens is 1. The van der Waals surface area contributed by atoms with Crippen molar-refractivity contribution in [1.29, 1.82) is 0 Å². The minimum absolute atomic E-state index is 0.272. The maximum Gasteiger partial charge on any atom is 0.130 e. The van der Waals surface area contributed by atoms with Crippen molar-refractivity contribution in [3.63, 3.8) is 0 Å². The van der Waals surface area contributed by atoms with E-state index in [1.54, 1.807) is 6.07 Å². The predicted molar refractivity (Wildman–Crippen MR) is 50.2 cm³/mol. The second kappa shape index (κ2) is 3.21. The van der Waals surface area contributed by atoms with E-state index in [9.17, 15) is 0 Å². The Hall–Kier alpha value is -0.280. The smallest absolute Gasteiger partial charge is 0.130 e. The van der Waals surface area contributed by atoms with E-state index in [0.717, 1.165) is 20.7 Å². The van der Waals surface area contributed by atoms with Gasteiger partial charge in [0.15, 0.2) is 0 Å². The Morgan fingerprint density at radius 1 is 1.50 bits per heavy atom. The zero-order chi connectivity index (χ0) is 7.56. The Morgan fingerprint density at radius 2 is 2.20 bits per heavy atom. The highest BCUT2D eigenvalue weighted by atomic mass is 79.9. The summed E-state index contributed by atoms with van der Waals surface area (Å²) in [5.74, 6) is 3.94. The summed E-state index contributed by atoms with van der Waals surface area (Å²) in [6.07, 6.45) is 0. The third-order valence-electron chi connectivity index (χ3n) is 1.11. The highest BCUT2D eigenvalue weighted by Gasteiger charge is 1.94. The van der Waals surface area contributed by atoms with Crippen LogP contribution < -0.4 is 0 Å². The third kappa shape index (κ3) is 1.61. The minimum atomic E-state index is 0.272. The number of aromatic hydroxyl groups is 1. The first-order chi connectivity index (χ1) is 4.74. The van der Waals surface area contributed by atoms with E-state index in [4.69, 9.17) is 5.11 Å². The van der Waals surface area contributed by atoms with Crippen LogP contribution in [0.2, 0.25) is 0 Å². The van der Waals surface area contributed by atoms with Gasteiger partial charge >= 0.3 is 0 Å². The van der Waals surface area contributed by atoms with Crippen molar-refractivity contribution < 1.29 is 5.11 Å². The highest BCUT2D eigenvalue weighted by Crippen LogP contribution is 2.26. The van der Waals surface area contributed by atoms with Crippen molar-refractivity contribution in [1.82, 2.24) is 0 Å². The maximum absolute atomic E-state index is 9.15. The van der Waals surface area contributed by atoms with Crippen LogP contribution in [0.25, 0.3) is 0 Å². The van der Waals surface area contributed by atoms with Crippen molar-refractivity contribution in [3.05, 3.63) is 22.7 Å². The molecular formula is C7H7BrOS. The molecule has 10 heavy (non-hydrogen) atoms. The molecule has 0 saturated carbocycles. The molecule has 0 unspecified atom stereocenters. The number of rotatable bonds is 1. The summed E-state index contributed by atoms with van der Waals surface area (Å²) >= 11 is 4.11. The van der Waals surface area contributed by atoms with Crippen molar-refractivity contribution in [3.8, 4) is 5.75 Å². The van der Waals surface area contributed by atoms with Crippen LogP contribution in [0.15, 0.2) is 27.6 Å². The van der Waals surface area contributed by atoms with Crippen LogP contribution in [-0.2, 0) is 0 Å². The summed E-state index contributed by atoms with van der Waals surface area (Å²) in [6, 6.07) is 5.42. The Kier molecular flexibility index (Phi) is 2.51. The van der Waals surface area contributed by atoms with Gasteiger partial charge in [0.05, 0.1) is 4.47 Å². The first kappa shape index (κ1) is 7.82. The van der Waals surface area contributed by atoms with Crippen molar-refractivity contribution in [2.24, 2.45) is 0 Å². The largest absolute Gasteiger partial charge is 0.507 e. The molecule has 0 spiro atoms. The maximum atomic E-state index is 9.15. The minimum Gasteiger partial charge on any atom is -0.507 e. The van der Waals surface area contributed by atoms with Crippen molar-refractivity contribution in [2.75, 3.05) is 0 Å². The average Bonchev–Trinajstić information content (AvgIpc) is 1.95. The summed E-state index contributed by atoms with van der Waals surface area (Å²) < 4.78 is 0.722. The summed E-state index contributed by atoms with van der Waals surface area (Å²) in [5, 5.41) is 9.15. The van der Waals surface area contributed by atoms with Gasteiger partial charge in [0.1, 0.15) is 5.75 Å². The molecule has 0 aromatic heterocycles. The molecule has 3 heteroatoms. The lowest BCUT2D eigenvalue weighted by atomic mass is 10.3. The van der Waals surface area contributed by atoms with E-state index in [-0.39, 0.29) is 5.75 Å². The zero-order valence-electron chi connectivity index (χ0n) is 5.21. The van der Waals surface area contributed by atoms with E-state index < -0.39 is 0 Å². The van der Waals surface area contributed by atoms with Crippen LogP contribution in [0.4, 0.5) is 0 Å². The Balaban J connectivity index is 3.16. The number of hydrogen-bond donors (Lipinski definition) is 2. The van der Waals surface area contributed by atoms with Gasteiger partial charge < -0.3 is 5.11 Å². The van der Waals surface area contributed by atoms with Crippen LogP contribution in [0.3, 0.4) is 0 Å².